The van der Waals surface area contributed by atoms with Crippen LogP contribution < -0.4 is 11.1 Å². The topological polar surface area (TPSA) is 114 Å². The highest BCUT2D eigenvalue weighted by atomic mass is 32.2. The zero-order valence-electron chi connectivity index (χ0n) is 13.5. The maximum atomic E-state index is 12.3. The van der Waals surface area contributed by atoms with E-state index in [2.05, 4.69) is 15.5 Å². The van der Waals surface area contributed by atoms with Gasteiger partial charge in [0, 0.05) is 13.1 Å². The van der Waals surface area contributed by atoms with E-state index < -0.39 is 0 Å². The summed E-state index contributed by atoms with van der Waals surface area (Å²) in [5.74, 6) is 0.520. The molecule has 3 N–H and O–H groups in total. The smallest absolute Gasteiger partial charge is 0.233 e. The first-order valence-electron chi connectivity index (χ1n) is 7.91. The molecule has 1 aliphatic heterocycles. The van der Waals surface area contributed by atoms with Crippen LogP contribution >= 0.6 is 23.1 Å². The van der Waals surface area contributed by atoms with Gasteiger partial charge in [0.2, 0.25) is 16.9 Å². The number of carbonyl (C=O) groups excluding carboxylic acids is 2. The number of hydrogen-bond donors (Lipinski definition) is 2. The number of carbonyl (C=O) groups is 2. The van der Waals surface area contributed by atoms with Crippen molar-refractivity contribution in [1.29, 1.82) is 0 Å². The summed E-state index contributed by atoms with van der Waals surface area (Å²) in [6.07, 6.45) is 3.18. The van der Waals surface area contributed by atoms with Crippen molar-refractivity contribution in [2.24, 2.45) is 11.7 Å². The number of rotatable bonds is 7. The van der Waals surface area contributed by atoms with Crippen LogP contribution in [-0.4, -0.2) is 45.8 Å². The Labute approximate surface area is 153 Å². The first kappa shape index (κ1) is 17.7. The van der Waals surface area contributed by atoms with Gasteiger partial charge in [-0.05, 0) is 25.0 Å². The second-order valence-electron chi connectivity index (χ2n) is 5.68. The maximum Gasteiger partial charge on any atom is 0.233 e. The average Bonchev–Trinajstić information content (AvgIpc) is 3.29. The van der Waals surface area contributed by atoms with Crippen LogP contribution in [0.3, 0.4) is 0 Å². The summed E-state index contributed by atoms with van der Waals surface area (Å²) in [5.41, 5.74) is 5.35. The molecular formula is C15H19N5O3S2. The molecule has 10 heteroatoms. The van der Waals surface area contributed by atoms with Gasteiger partial charge in [0.05, 0.1) is 24.5 Å². The molecule has 8 nitrogen and oxygen atoms in total. The van der Waals surface area contributed by atoms with E-state index in [9.17, 15) is 9.59 Å². The van der Waals surface area contributed by atoms with Gasteiger partial charge in [-0.3, -0.25) is 9.59 Å². The van der Waals surface area contributed by atoms with Gasteiger partial charge in [0.15, 0.2) is 4.34 Å². The molecule has 0 saturated carbocycles. The van der Waals surface area contributed by atoms with Crippen molar-refractivity contribution in [2.45, 2.75) is 23.7 Å². The molecule has 0 bridgehead atoms. The second kappa shape index (κ2) is 8.34. The highest BCUT2D eigenvalue weighted by molar-refractivity contribution is 8.01. The largest absolute Gasteiger partial charge is 0.467 e. The minimum Gasteiger partial charge on any atom is -0.467 e. The van der Waals surface area contributed by atoms with Gasteiger partial charge in [-0.2, -0.15) is 0 Å². The number of piperidine rings is 1. The molecule has 0 unspecified atom stereocenters. The molecule has 25 heavy (non-hydrogen) atoms. The van der Waals surface area contributed by atoms with Crippen LogP contribution in [0.4, 0.5) is 5.13 Å². The van der Waals surface area contributed by atoms with Crippen LogP contribution in [0.2, 0.25) is 0 Å². The van der Waals surface area contributed by atoms with E-state index >= 15 is 0 Å². The van der Waals surface area contributed by atoms with Gasteiger partial charge in [0.1, 0.15) is 5.76 Å². The Morgan fingerprint density at radius 1 is 1.48 bits per heavy atom. The number of anilines is 1. The molecule has 1 saturated heterocycles. The van der Waals surface area contributed by atoms with E-state index in [1.807, 2.05) is 12.1 Å². The standard InChI is InChI=1S/C15H19N5O3S2/c16-13(22)10-3-1-5-20(8-10)12(21)9-24-15-19-18-14(25-15)17-7-11-4-2-6-23-11/h2,4,6,10H,1,3,5,7-9H2,(H2,16,22)(H,17,18)/t10-/m0/s1. The van der Waals surface area contributed by atoms with Gasteiger partial charge in [0.25, 0.3) is 0 Å². The lowest BCUT2D eigenvalue weighted by molar-refractivity contribution is -0.132. The minimum atomic E-state index is -0.332. The van der Waals surface area contributed by atoms with Crippen LogP contribution in [0.5, 0.6) is 0 Å². The molecular weight excluding hydrogens is 362 g/mol. The van der Waals surface area contributed by atoms with Crippen LogP contribution in [0.1, 0.15) is 18.6 Å². The zero-order valence-corrected chi connectivity index (χ0v) is 15.1. The van der Waals surface area contributed by atoms with Crippen LogP contribution in [-0.2, 0) is 16.1 Å². The number of hydrogen-bond acceptors (Lipinski definition) is 8. The maximum absolute atomic E-state index is 12.3. The third kappa shape index (κ3) is 4.95. The van der Waals surface area contributed by atoms with Gasteiger partial charge < -0.3 is 20.4 Å². The number of primary amides is 1. The summed E-state index contributed by atoms with van der Waals surface area (Å²) in [4.78, 5) is 25.3. The van der Waals surface area contributed by atoms with Crippen molar-refractivity contribution >= 4 is 40.0 Å². The Balaban J connectivity index is 1.45. The lowest BCUT2D eigenvalue weighted by Crippen LogP contribution is -2.44. The first-order valence-corrected chi connectivity index (χ1v) is 9.71. The van der Waals surface area contributed by atoms with Crippen LogP contribution in [0.25, 0.3) is 0 Å². The number of amides is 2. The van der Waals surface area contributed by atoms with E-state index in [1.54, 1.807) is 11.2 Å². The molecule has 1 fully saturated rings. The molecule has 2 amide bonds. The van der Waals surface area contributed by atoms with Gasteiger partial charge >= 0.3 is 0 Å². The highest BCUT2D eigenvalue weighted by Gasteiger charge is 2.27. The Kier molecular flexibility index (Phi) is 5.92. The fourth-order valence-electron chi connectivity index (χ4n) is 2.57. The number of nitrogens with one attached hydrogen (secondary N) is 1. The molecule has 0 aliphatic carbocycles. The summed E-state index contributed by atoms with van der Waals surface area (Å²) in [6.45, 7) is 1.63. The molecule has 1 aliphatic rings. The second-order valence-corrected chi connectivity index (χ2v) is 7.88. The lowest BCUT2D eigenvalue weighted by atomic mass is 9.97. The fourth-order valence-corrected chi connectivity index (χ4v) is 4.22. The molecule has 2 aromatic heterocycles. The summed E-state index contributed by atoms with van der Waals surface area (Å²) in [5, 5.41) is 11.9. The van der Waals surface area contributed by atoms with Crippen molar-refractivity contribution in [2.75, 3.05) is 24.2 Å². The predicted octanol–water partition coefficient (Wildman–Crippen LogP) is 1.56. The van der Waals surface area contributed by atoms with Crippen molar-refractivity contribution in [3.05, 3.63) is 24.2 Å². The first-order chi connectivity index (χ1) is 12.1. The third-order valence-corrected chi connectivity index (χ3v) is 5.90. The number of nitrogens with zero attached hydrogens (tertiary/aromatic N) is 3. The quantitative estimate of drug-likeness (QED) is 0.699. The van der Waals surface area contributed by atoms with E-state index in [0.717, 1.165) is 22.9 Å². The molecule has 0 spiro atoms. The van der Waals surface area contributed by atoms with E-state index in [1.165, 1.54) is 23.1 Å². The summed E-state index contributed by atoms with van der Waals surface area (Å²) < 4.78 is 5.96. The molecule has 0 radical (unpaired) electrons. The van der Waals surface area contributed by atoms with Crippen LogP contribution in [0.15, 0.2) is 27.2 Å². The number of likely N-dealkylation sites (tertiary alicyclic amines) is 1. The van der Waals surface area contributed by atoms with E-state index in [4.69, 9.17) is 10.2 Å². The number of furan rings is 1. The van der Waals surface area contributed by atoms with Crippen molar-refractivity contribution in [3.8, 4) is 0 Å². The Morgan fingerprint density at radius 3 is 3.12 bits per heavy atom. The van der Waals surface area contributed by atoms with Crippen molar-refractivity contribution in [3.63, 3.8) is 0 Å². The van der Waals surface area contributed by atoms with Gasteiger partial charge in [-0.25, -0.2) is 0 Å². The minimum absolute atomic E-state index is 0.00348. The normalized spacial score (nSPS) is 17.4. The van der Waals surface area contributed by atoms with Crippen LogP contribution in [0, 0.1) is 5.92 Å². The fraction of sp³-hybridized carbons (Fsp3) is 0.467. The SMILES string of the molecule is NC(=O)[C@H]1CCCN(C(=O)CSc2nnc(NCc3ccco3)s2)C1. The van der Waals surface area contributed by atoms with Gasteiger partial charge in [-0.1, -0.05) is 23.1 Å². The summed E-state index contributed by atoms with van der Waals surface area (Å²) in [7, 11) is 0. The summed E-state index contributed by atoms with van der Waals surface area (Å²) in [6, 6.07) is 3.70. The Morgan fingerprint density at radius 2 is 2.36 bits per heavy atom. The molecule has 134 valence electrons. The Bertz CT molecular complexity index is 719. The number of aromatic nitrogens is 2. The van der Waals surface area contributed by atoms with E-state index in [-0.39, 0.29) is 23.5 Å². The average molecular weight is 381 g/mol. The third-order valence-electron chi connectivity index (χ3n) is 3.90. The zero-order chi connectivity index (χ0) is 17.6. The predicted molar refractivity (Wildman–Crippen MR) is 95.2 cm³/mol. The monoisotopic (exact) mass is 381 g/mol. The highest BCUT2D eigenvalue weighted by Crippen LogP contribution is 2.26. The summed E-state index contributed by atoms with van der Waals surface area (Å²) >= 11 is 2.74. The number of thioether (sulfide) groups is 1. The number of nitrogens with two attached hydrogens (primary N) is 1. The molecule has 1 atom stereocenters. The van der Waals surface area contributed by atoms with Crippen molar-refractivity contribution < 1.29 is 14.0 Å². The molecule has 3 rings (SSSR count). The van der Waals surface area contributed by atoms with Gasteiger partial charge in [-0.15, -0.1) is 10.2 Å². The molecule has 0 aromatic carbocycles. The Hall–Kier alpha value is -2.07. The molecule has 2 aromatic rings. The van der Waals surface area contributed by atoms with Crippen molar-refractivity contribution in [1.82, 2.24) is 15.1 Å². The molecule has 3 heterocycles. The van der Waals surface area contributed by atoms with E-state index in [0.29, 0.717) is 24.8 Å². The lowest BCUT2D eigenvalue weighted by Gasteiger charge is -2.31.